The Hall–Kier alpha value is -0.220. The van der Waals surface area contributed by atoms with Crippen molar-refractivity contribution >= 4 is 23.4 Å². The molecule has 1 unspecified atom stereocenters. The van der Waals surface area contributed by atoms with Gasteiger partial charge in [-0.1, -0.05) is 24.6 Å². The van der Waals surface area contributed by atoms with Crippen LogP contribution >= 0.6 is 23.4 Å². The lowest BCUT2D eigenvalue weighted by molar-refractivity contribution is 0.0360. The van der Waals surface area contributed by atoms with Gasteiger partial charge in [0.25, 0.3) is 0 Å². The van der Waals surface area contributed by atoms with Crippen LogP contribution in [0.4, 0.5) is 0 Å². The first-order valence-electron chi connectivity index (χ1n) is 5.90. The van der Waals surface area contributed by atoms with Gasteiger partial charge in [0.1, 0.15) is 0 Å². The van der Waals surface area contributed by atoms with E-state index in [4.69, 9.17) is 17.3 Å². The van der Waals surface area contributed by atoms with Gasteiger partial charge in [0.05, 0.1) is 5.60 Å². The quantitative estimate of drug-likeness (QED) is 0.592. The minimum Gasteiger partial charge on any atom is -0.389 e. The second kappa shape index (κ2) is 7.27. The zero-order chi connectivity index (χ0) is 12.7. The van der Waals surface area contributed by atoms with Gasteiger partial charge in [-0.15, -0.1) is 11.8 Å². The summed E-state index contributed by atoms with van der Waals surface area (Å²) in [5, 5.41) is 10.8. The third-order valence-electron chi connectivity index (χ3n) is 2.89. The molecule has 0 saturated heterocycles. The summed E-state index contributed by atoms with van der Waals surface area (Å²) < 4.78 is 0. The highest BCUT2D eigenvalue weighted by Crippen LogP contribution is 2.24. The van der Waals surface area contributed by atoms with E-state index < -0.39 is 5.60 Å². The van der Waals surface area contributed by atoms with Gasteiger partial charge in [0.15, 0.2) is 0 Å². The standard InChI is InChI=1S/C13H20ClNOS/c1-2-13(16,10-15)7-4-8-17-12-6-3-5-11(14)9-12/h3,5-6,9,16H,2,4,7-8,10,15H2,1H3. The van der Waals surface area contributed by atoms with Crippen LogP contribution in [-0.4, -0.2) is 23.0 Å². The number of hydrogen-bond donors (Lipinski definition) is 2. The number of hydrogen-bond acceptors (Lipinski definition) is 3. The fourth-order valence-electron chi connectivity index (χ4n) is 1.57. The Kier molecular flexibility index (Phi) is 6.34. The molecule has 0 saturated carbocycles. The van der Waals surface area contributed by atoms with Crippen LogP contribution in [0.1, 0.15) is 26.2 Å². The van der Waals surface area contributed by atoms with E-state index in [0.717, 1.165) is 23.6 Å². The Balaban J connectivity index is 2.29. The molecule has 0 fully saturated rings. The maximum atomic E-state index is 10.0. The molecular formula is C13H20ClNOS. The summed E-state index contributed by atoms with van der Waals surface area (Å²) in [5.41, 5.74) is 4.87. The molecule has 0 spiro atoms. The van der Waals surface area contributed by atoms with Gasteiger partial charge in [0, 0.05) is 16.5 Å². The largest absolute Gasteiger partial charge is 0.389 e. The molecule has 0 heterocycles. The fraction of sp³-hybridized carbons (Fsp3) is 0.538. The van der Waals surface area contributed by atoms with E-state index in [1.165, 1.54) is 4.90 Å². The summed E-state index contributed by atoms with van der Waals surface area (Å²) >= 11 is 7.67. The highest BCUT2D eigenvalue weighted by Gasteiger charge is 2.21. The molecule has 0 aliphatic carbocycles. The van der Waals surface area contributed by atoms with Gasteiger partial charge in [-0.25, -0.2) is 0 Å². The molecular weight excluding hydrogens is 254 g/mol. The van der Waals surface area contributed by atoms with Gasteiger partial charge in [-0.05, 0) is 43.2 Å². The van der Waals surface area contributed by atoms with Gasteiger partial charge in [-0.3, -0.25) is 0 Å². The molecule has 96 valence electrons. The molecule has 1 rings (SSSR count). The number of rotatable bonds is 7. The van der Waals surface area contributed by atoms with Crippen molar-refractivity contribution in [3.05, 3.63) is 29.3 Å². The first-order valence-corrected chi connectivity index (χ1v) is 7.27. The van der Waals surface area contributed by atoms with Crippen LogP contribution in [-0.2, 0) is 0 Å². The van der Waals surface area contributed by atoms with Gasteiger partial charge < -0.3 is 10.8 Å². The molecule has 0 amide bonds. The van der Waals surface area contributed by atoms with Gasteiger partial charge >= 0.3 is 0 Å². The van der Waals surface area contributed by atoms with E-state index in [-0.39, 0.29) is 0 Å². The predicted octanol–water partition coefficient (Wildman–Crippen LogP) is 3.31. The van der Waals surface area contributed by atoms with Gasteiger partial charge in [-0.2, -0.15) is 0 Å². The highest BCUT2D eigenvalue weighted by molar-refractivity contribution is 7.99. The normalized spacial score (nSPS) is 14.6. The van der Waals surface area contributed by atoms with E-state index in [9.17, 15) is 5.11 Å². The van der Waals surface area contributed by atoms with Crippen LogP contribution in [0.15, 0.2) is 29.2 Å². The van der Waals surface area contributed by atoms with Crippen molar-refractivity contribution in [2.75, 3.05) is 12.3 Å². The van der Waals surface area contributed by atoms with Crippen LogP contribution in [0.3, 0.4) is 0 Å². The summed E-state index contributed by atoms with van der Waals surface area (Å²) in [6, 6.07) is 7.83. The van der Waals surface area contributed by atoms with Crippen molar-refractivity contribution in [2.45, 2.75) is 36.7 Å². The molecule has 4 heteroatoms. The van der Waals surface area contributed by atoms with Crippen molar-refractivity contribution in [3.63, 3.8) is 0 Å². The zero-order valence-electron chi connectivity index (χ0n) is 10.2. The number of nitrogens with two attached hydrogens (primary N) is 1. The number of thioether (sulfide) groups is 1. The van der Waals surface area contributed by atoms with Crippen LogP contribution < -0.4 is 5.73 Å². The topological polar surface area (TPSA) is 46.2 Å². The molecule has 1 aromatic carbocycles. The molecule has 3 N–H and O–H groups in total. The minimum atomic E-state index is -0.686. The van der Waals surface area contributed by atoms with E-state index >= 15 is 0 Å². The lowest BCUT2D eigenvalue weighted by Crippen LogP contribution is -2.36. The zero-order valence-corrected chi connectivity index (χ0v) is 11.7. The summed E-state index contributed by atoms with van der Waals surface area (Å²) in [6.45, 7) is 2.31. The summed E-state index contributed by atoms with van der Waals surface area (Å²) in [6.07, 6.45) is 2.43. The van der Waals surface area contributed by atoms with E-state index in [2.05, 4.69) is 0 Å². The molecule has 17 heavy (non-hydrogen) atoms. The average Bonchev–Trinajstić information content (AvgIpc) is 2.34. The lowest BCUT2D eigenvalue weighted by Gasteiger charge is -2.24. The number of benzene rings is 1. The van der Waals surface area contributed by atoms with Crippen LogP contribution in [0.5, 0.6) is 0 Å². The Labute approximate surface area is 113 Å². The Morgan fingerprint density at radius 2 is 2.24 bits per heavy atom. The Morgan fingerprint density at radius 3 is 2.82 bits per heavy atom. The van der Waals surface area contributed by atoms with Crippen LogP contribution in [0.25, 0.3) is 0 Å². The minimum absolute atomic E-state index is 0.339. The molecule has 0 bridgehead atoms. The van der Waals surface area contributed by atoms with Crippen molar-refractivity contribution in [2.24, 2.45) is 5.73 Å². The van der Waals surface area contributed by atoms with E-state index in [1.54, 1.807) is 11.8 Å². The van der Waals surface area contributed by atoms with Crippen molar-refractivity contribution in [3.8, 4) is 0 Å². The summed E-state index contributed by atoms with van der Waals surface area (Å²) in [5.74, 6) is 0.975. The number of halogens is 1. The van der Waals surface area contributed by atoms with Crippen molar-refractivity contribution in [1.29, 1.82) is 0 Å². The molecule has 0 radical (unpaired) electrons. The molecule has 1 aromatic rings. The van der Waals surface area contributed by atoms with Crippen molar-refractivity contribution in [1.82, 2.24) is 0 Å². The smallest absolute Gasteiger partial charge is 0.0767 e. The average molecular weight is 274 g/mol. The summed E-state index contributed by atoms with van der Waals surface area (Å²) in [4.78, 5) is 1.17. The van der Waals surface area contributed by atoms with Crippen molar-refractivity contribution < 1.29 is 5.11 Å². The third-order valence-corrected chi connectivity index (χ3v) is 4.20. The van der Waals surface area contributed by atoms with Crippen LogP contribution in [0, 0.1) is 0 Å². The first-order chi connectivity index (χ1) is 8.09. The second-order valence-corrected chi connectivity index (χ2v) is 5.80. The van der Waals surface area contributed by atoms with E-state index in [0.29, 0.717) is 13.0 Å². The van der Waals surface area contributed by atoms with Gasteiger partial charge in [0.2, 0.25) is 0 Å². The predicted molar refractivity (Wildman–Crippen MR) is 75.7 cm³/mol. The second-order valence-electron chi connectivity index (χ2n) is 4.19. The molecule has 0 aliphatic rings. The molecule has 1 atom stereocenters. The third kappa shape index (κ3) is 5.30. The maximum absolute atomic E-state index is 10.0. The fourth-order valence-corrected chi connectivity index (χ4v) is 2.74. The first kappa shape index (κ1) is 14.8. The van der Waals surface area contributed by atoms with Crippen LogP contribution in [0.2, 0.25) is 5.02 Å². The number of aliphatic hydroxyl groups is 1. The molecule has 0 aromatic heterocycles. The molecule has 0 aliphatic heterocycles. The summed E-state index contributed by atoms with van der Waals surface area (Å²) in [7, 11) is 0. The maximum Gasteiger partial charge on any atom is 0.0767 e. The van der Waals surface area contributed by atoms with E-state index in [1.807, 2.05) is 31.2 Å². The lowest BCUT2D eigenvalue weighted by atomic mass is 9.95. The highest BCUT2D eigenvalue weighted by atomic mass is 35.5. The SMILES string of the molecule is CCC(O)(CN)CCCSc1cccc(Cl)c1. The Bertz CT molecular complexity index is 342. The monoisotopic (exact) mass is 273 g/mol. The Morgan fingerprint density at radius 1 is 1.47 bits per heavy atom. The molecule has 2 nitrogen and oxygen atoms in total.